The van der Waals surface area contributed by atoms with Crippen LogP contribution in [-0.2, 0) is 4.79 Å². The highest BCUT2D eigenvalue weighted by atomic mass is 16.2. The highest BCUT2D eigenvalue weighted by molar-refractivity contribution is 6.15. The van der Waals surface area contributed by atoms with Gasteiger partial charge in [-0.2, -0.15) is 0 Å². The van der Waals surface area contributed by atoms with Gasteiger partial charge in [-0.05, 0) is 65.9 Å². The summed E-state index contributed by atoms with van der Waals surface area (Å²) in [6, 6.07) is 26.5. The molecule has 4 heteroatoms. The van der Waals surface area contributed by atoms with Crippen LogP contribution in [0, 0.1) is 0 Å². The molecule has 1 atom stereocenters. The van der Waals surface area contributed by atoms with Crippen molar-refractivity contribution in [1.82, 2.24) is 5.32 Å². The third-order valence-corrected chi connectivity index (χ3v) is 11.6. The molecule has 288 valence electrons. The number of carbonyl (C=O) groups is 1. The number of anilines is 2. The molecule has 0 aromatic heterocycles. The number of nitrogens with zero attached hydrogens (tertiary/aromatic N) is 1. The third-order valence-electron chi connectivity index (χ3n) is 11.6. The molecule has 5 rings (SSSR count). The zero-order valence-corrected chi connectivity index (χ0v) is 33.5. The fourth-order valence-corrected chi connectivity index (χ4v) is 8.49. The van der Waals surface area contributed by atoms with Gasteiger partial charge in [0.2, 0.25) is 5.91 Å². The van der Waals surface area contributed by atoms with Gasteiger partial charge in [-0.15, -0.1) is 0 Å². The molecule has 1 fully saturated rings. The second kappa shape index (κ2) is 23.4. The van der Waals surface area contributed by atoms with E-state index in [0.717, 1.165) is 43.7 Å². The number of benzene rings is 4. The fraction of sp³-hybridized carbons (Fsp3) is 0.571. The Kier molecular flexibility index (Phi) is 18.0. The van der Waals surface area contributed by atoms with Crippen LogP contribution in [0.3, 0.4) is 0 Å². The summed E-state index contributed by atoms with van der Waals surface area (Å²) in [6.45, 7) is 7.64. The maximum Gasteiger partial charge on any atom is 0.241 e. The first-order chi connectivity index (χ1) is 26.2. The molecule has 0 bridgehead atoms. The molecule has 1 heterocycles. The van der Waals surface area contributed by atoms with Gasteiger partial charge in [-0.1, -0.05) is 190 Å². The lowest BCUT2D eigenvalue weighted by Crippen LogP contribution is -2.35. The van der Waals surface area contributed by atoms with E-state index in [-0.39, 0.29) is 11.9 Å². The molecule has 4 nitrogen and oxygen atoms in total. The quantitative estimate of drug-likeness (QED) is 0.0636. The van der Waals surface area contributed by atoms with E-state index in [4.69, 9.17) is 0 Å². The van der Waals surface area contributed by atoms with Gasteiger partial charge in [0.15, 0.2) is 0 Å². The van der Waals surface area contributed by atoms with Crippen molar-refractivity contribution in [2.45, 2.75) is 161 Å². The van der Waals surface area contributed by atoms with Crippen molar-refractivity contribution in [3.63, 3.8) is 0 Å². The number of fused-ring (bicyclic) bond motifs is 2. The van der Waals surface area contributed by atoms with Gasteiger partial charge in [0, 0.05) is 35.6 Å². The normalized spacial score (nSPS) is 14.3. The lowest BCUT2D eigenvalue weighted by molar-refractivity contribution is -0.117. The highest BCUT2D eigenvalue weighted by Crippen LogP contribution is 2.45. The molecule has 53 heavy (non-hydrogen) atoms. The van der Waals surface area contributed by atoms with Crippen LogP contribution >= 0.6 is 0 Å². The van der Waals surface area contributed by atoms with Crippen LogP contribution < -0.4 is 15.5 Å². The SMILES string of the molecule is CCCCCCCCCCCCN(CCCCCCCCCCCC)c1ccc2ccccc2c1-c1c(NC(=O)[C@@H]2CCCN2)ccc2ccccc12. The van der Waals surface area contributed by atoms with Gasteiger partial charge in [0.05, 0.1) is 6.04 Å². The average molecular weight is 718 g/mol. The molecule has 0 radical (unpaired) electrons. The van der Waals surface area contributed by atoms with Crippen LogP contribution in [0.15, 0.2) is 72.8 Å². The van der Waals surface area contributed by atoms with Crippen molar-refractivity contribution in [1.29, 1.82) is 0 Å². The maximum absolute atomic E-state index is 13.7. The Bertz CT molecular complexity index is 1620. The van der Waals surface area contributed by atoms with E-state index >= 15 is 0 Å². The summed E-state index contributed by atoms with van der Waals surface area (Å²) in [5, 5.41) is 11.7. The second-order valence-electron chi connectivity index (χ2n) is 15.9. The summed E-state index contributed by atoms with van der Waals surface area (Å²) in [6.07, 6.45) is 28.9. The minimum absolute atomic E-state index is 0.0772. The number of hydrogen-bond donors (Lipinski definition) is 2. The van der Waals surface area contributed by atoms with Crippen LogP contribution in [-0.4, -0.2) is 31.6 Å². The molecular weight excluding hydrogens is 647 g/mol. The Morgan fingerprint density at radius 3 is 1.57 bits per heavy atom. The molecule has 0 aliphatic carbocycles. The topological polar surface area (TPSA) is 44.4 Å². The Labute approximate surface area is 322 Å². The predicted octanol–water partition coefficient (Wildman–Crippen LogP) is 14.0. The predicted molar refractivity (Wildman–Crippen MR) is 232 cm³/mol. The van der Waals surface area contributed by atoms with Crippen LogP contribution in [0.25, 0.3) is 32.7 Å². The van der Waals surface area contributed by atoms with Gasteiger partial charge < -0.3 is 15.5 Å². The first kappa shape index (κ1) is 40.8. The standard InChI is InChI=1S/C49H71N3O/c1-3-5-7-9-11-13-15-17-19-25-38-52(39-26-20-18-16-14-12-10-8-6-4-2)46-36-34-41-29-22-24-31-43(41)48(46)47-42-30-23-21-28-40(42)33-35-44(47)51-49(53)45-32-27-37-50-45/h21-24,28-31,33-36,45,50H,3-20,25-27,32,37-39H2,1-2H3,(H,51,53)/t45-/m0/s1. The molecule has 0 saturated carbocycles. The molecule has 0 spiro atoms. The summed E-state index contributed by atoms with van der Waals surface area (Å²) in [5.74, 6) is 0.0772. The largest absolute Gasteiger partial charge is 0.371 e. The zero-order chi connectivity index (χ0) is 36.9. The summed E-state index contributed by atoms with van der Waals surface area (Å²) >= 11 is 0. The van der Waals surface area contributed by atoms with E-state index in [1.807, 2.05) is 0 Å². The van der Waals surface area contributed by atoms with Gasteiger partial charge >= 0.3 is 0 Å². The number of hydrogen-bond acceptors (Lipinski definition) is 3. The number of carbonyl (C=O) groups excluding carboxylic acids is 1. The number of nitrogens with one attached hydrogen (secondary N) is 2. The average Bonchev–Trinajstić information content (AvgIpc) is 3.74. The molecule has 1 amide bonds. The van der Waals surface area contributed by atoms with E-state index in [1.54, 1.807) is 0 Å². The van der Waals surface area contributed by atoms with Gasteiger partial charge in [-0.25, -0.2) is 0 Å². The van der Waals surface area contributed by atoms with Crippen molar-refractivity contribution in [2.75, 3.05) is 29.9 Å². The molecule has 4 aromatic carbocycles. The molecule has 0 unspecified atom stereocenters. The van der Waals surface area contributed by atoms with Gasteiger partial charge in [-0.3, -0.25) is 4.79 Å². The molecule has 2 N–H and O–H groups in total. The first-order valence-corrected chi connectivity index (χ1v) is 22.0. The van der Waals surface area contributed by atoms with Crippen LogP contribution in [0.2, 0.25) is 0 Å². The van der Waals surface area contributed by atoms with Crippen molar-refractivity contribution >= 4 is 38.8 Å². The highest BCUT2D eigenvalue weighted by Gasteiger charge is 2.25. The van der Waals surface area contributed by atoms with Crippen LogP contribution in [0.5, 0.6) is 0 Å². The number of unbranched alkanes of at least 4 members (excludes halogenated alkanes) is 18. The van der Waals surface area contributed by atoms with Crippen molar-refractivity contribution in [3.8, 4) is 11.1 Å². The zero-order valence-electron chi connectivity index (χ0n) is 33.5. The Balaban J connectivity index is 1.40. The smallest absolute Gasteiger partial charge is 0.241 e. The molecular formula is C49H71N3O. The fourth-order valence-electron chi connectivity index (χ4n) is 8.49. The van der Waals surface area contributed by atoms with Crippen LogP contribution in [0.1, 0.15) is 155 Å². The van der Waals surface area contributed by atoms with E-state index in [9.17, 15) is 4.79 Å². The second-order valence-corrected chi connectivity index (χ2v) is 15.9. The molecule has 4 aromatic rings. The number of amides is 1. The summed E-state index contributed by atoms with van der Waals surface area (Å²) in [5.41, 5.74) is 4.63. The van der Waals surface area contributed by atoms with Crippen molar-refractivity contribution in [2.24, 2.45) is 0 Å². The van der Waals surface area contributed by atoms with Crippen molar-refractivity contribution in [3.05, 3.63) is 72.8 Å². The minimum atomic E-state index is -0.134. The Hall–Kier alpha value is -3.37. The third kappa shape index (κ3) is 12.6. The monoisotopic (exact) mass is 718 g/mol. The lowest BCUT2D eigenvalue weighted by Gasteiger charge is -2.30. The van der Waals surface area contributed by atoms with E-state index in [1.165, 1.54) is 161 Å². The molecule has 1 aliphatic rings. The van der Waals surface area contributed by atoms with E-state index < -0.39 is 0 Å². The summed E-state index contributed by atoms with van der Waals surface area (Å²) in [4.78, 5) is 16.4. The molecule has 1 saturated heterocycles. The Morgan fingerprint density at radius 1 is 0.585 bits per heavy atom. The summed E-state index contributed by atoms with van der Waals surface area (Å²) < 4.78 is 0. The van der Waals surface area contributed by atoms with Gasteiger partial charge in [0.25, 0.3) is 0 Å². The van der Waals surface area contributed by atoms with Crippen LogP contribution in [0.4, 0.5) is 11.4 Å². The summed E-state index contributed by atoms with van der Waals surface area (Å²) in [7, 11) is 0. The molecule has 1 aliphatic heterocycles. The van der Waals surface area contributed by atoms with E-state index in [0.29, 0.717) is 0 Å². The maximum atomic E-state index is 13.7. The first-order valence-electron chi connectivity index (χ1n) is 22.0. The Morgan fingerprint density at radius 2 is 1.06 bits per heavy atom. The lowest BCUT2D eigenvalue weighted by atomic mass is 9.90. The minimum Gasteiger partial charge on any atom is -0.371 e. The number of rotatable bonds is 26. The van der Waals surface area contributed by atoms with Crippen molar-refractivity contribution < 1.29 is 4.79 Å². The van der Waals surface area contributed by atoms with E-state index in [2.05, 4.69) is 102 Å². The van der Waals surface area contributed by atoms with Gasteiger partial charge in [0.1, 0.15) is 0 Å².